The molecule has 0 N–H and O–H groups in total. The smallest absolute Gasteiger partial charge is 0.869 e. The molecule has 132 heavy (non-hydrogen) atoms. The van der Waals surface area contributed by atoms with Crippen molar-refractivity contribution in [1.29, 1.82) is 0 Å². The molecule has 13 rings (SSSR count). The Bertz CT molecular complexity index is 5140. The molecule has 38 heteroatoms. The first-order valence-electron chi connectivity index (χ1n) is 37.5. The van der Waals surface area contributed by atoms with Gasteiger partial charge in [0.2, 0.25) is 0 Å². The van der Waals surface area contributed by atoms with Gasteiger partial charge in [-0.25, -0.2) is 0 Å². The minimum Gasteiger partial charge on any atom is -0.869 e. The molecule has 698 valence electrons. The molecule has 12 aromatic rings. The van der Waals surface area contributed by atoms with E-state index < -0.39 is 106 Å². The number of carbonyl (C=O) groups excluding carboxylic acids is 6. The van der Waals surface area contributed by atoms with Gasteiger partial charge < -0.3 is 40.1 Å². The standard InChI is InChI=1S/2C12H8N2.6C11H9F3O2.C4H8O2.2Dy/c2*1-3-9-5-6-10-4-2-8-14-12(10)11(9)13-7-1;6*1-7-2-4-8(5-3-7)9(15)6-10(16)11(12,13)14;1-2-6-4-3-5-1;;/h2*1-8H;6*2-6,16H,1H3;1-4H2;;/q;;;;;;;;;2*+3/p-6/b;;6*10-6-;;;. The number of pyridine rings is 4. The van der Waals surface area contributed by atoms with Crippen LogP contribution in [0, 0.1) is 118 Å². The summed E-state index contributed by atoms with van der Waals surface area (Å²) in [4.78, 5) is 84.8. The van der Waals surface area contributed by atoms with Gasteiger partial charge in [0, 0.05) is 79.7 Å². The minimum atomic E-state index is -5.00. The Morgan fingerprint density at radius 2 is 0.364 bits per heavy atom. The van der Waals surface area contributed by atoms with Crippen LogP contribution in [0.25, 0.3) is 43.6 Å². The van der Waals surface area contributed by atoms with Crippen molar-refractivity contribution < 1.29 is 224 Å². The molecular weight excluding hydrogens is 2080 g/mol. The van der Waals surface area contributed by atoms with E-state index in [1.54, 1.807) is 139 Å². The third-order valence-corrected chi connectivity index (χ3v) is 16.7. The van der Waals surface area contributed by atoms with Gasteiger partial charge in [0.25, 0.3) is 0 Å². The summed E-state index contributed by atoms with van der Waals surface area (Å²) in [6.45, 7) is 13.8. The molecule has 0 unspecified atom stereocenters. The van der Waals surface area contributed by atoms with Crippen LogP contribution in [0.5, 0.6) is 0 Å². The molecule has 0 bridgehead atoms. The van der Waals surface area contributed by atoms with Crippen LogP contribution in [0.1, 0.15) is 95.5 Å². The van der Waals surface area contributed by atoms with E-state index in [1.165, 1.54) is 72.8 Å². The molecule has 0 atom stereocenters. The van der Waals surface area contributed by atoms with E-state index in [0.29, 0.717) is 0 Å². The largest absolute Gasteiger partial charge is 3.00 e. The number of carbonyl (C=O) groups is 6. The third kappa shape index (κ3) is 40.3. The maximum Gasteiger partial charge on any atom is 3.00 e. The summed E-state index contributed by atoms with van der Waals surface area (Å²) in [5.41, 5.74) is 9.50. The van der Waals surface area contributed by atoms with Gasteiger partial charge in [-0.3, -0.25) is 48.7 Å². The van der Waals surface area contributed by atoms with Crippen LogP contribution < -0.4 is 30.6 Å². The second kappa shape index (κ2) is 53.4. The number of ether oxygens (including phenoxy) is 2. The predicted molar refractivity (Wildman–Crippen MR) is 434 cm³/mol. The number of allylic oxidation sites excluding steroid dienone is 12. The summed E-state index contributed by atoms with van der Waals surface area (Å²) < 4.78 is 223. The van der Waals surface area contributed by atoms with Crippen molar-refractivity contribution in [3.05, 3.63) is 381 Å². The summed E-state index contributed by atoms with van der Waals surface area (Å²) in [5, 5.41) is 67.6. The summed E-state index contributed by atoms with van der Waals surface area (Å²) in [5.74, 6) is -18.5. The van der Waals surface area contributed by atoms with Gasteiger partial charge in [-0.1, -0.05) is 228 Å². The number of benzene rings is 8. The maximum atomic E-state index is 11.9. The molecular formula is C94H72Dy2F18N4O14. The monoisotopic (exact) mass is 2150 g/mol. The zero-order valence-corrected chi connectivity index (χ0v) is 73.4. The van der Waals surface area contributed by atoms with Gasteiger partial charge in [0.05, 0.1) is 48.5 Å². The van der Waals surface area contributed by atoms with Crippen LogP contribution in [0.4, 0.5) is 79.0 Å². The Balaban J connectivity index is 0.000000384. The number of aromatic nitrogens is 4. The van der Waals surface area contributed by atoms with E-state index in [9.17, 15) is 138 Å². The number of alkyl halides is 18. The molecule has 1 fully saturated rings. The molecule has 18 nitrogen and oxygen atoms in total. The van der Waals surface area contributed by atoms with Crippen molar-refractivity contribution in [2.45, 2.75) is 78.6 Å². The van der Waals surface area contributed by atoms with Crippen LogP contribution in [-0.2, 0) is 9.47 Å². The number of ketones is 6. The number of hydrogen-bond acceptors (Lipinski definition) is 18. The van der Waals surface area contributed by atoms with Gasteiger partial charge in [0.15, 0.2) is 34.7 Å². The summed E-state index contributed by atoms with van der Waals surface area (Å²) in [7, 11) is 0. The SMILES string of the molecule is C1COCCO1.Cc1ccc(C(=O)/C=C(\[O-])C(F)(F)F)cc1.Cc1ccc(C(=O)/C=C(\[O-])C(F)(F)F)cc1.Cc1ccc(C(=O)/C=C(\[O-])C(F)(F)F)cc1.Cc1ccc(C(=O)/C=C(\[O-])C(F)(F)F)cc1.Cc1ccc(C(=O)/C=C(\[O-])C(F)(F)F)cc1.Cc1ccc(C(=O)/C=C(\[O-])C(F)(F)F)cc1.[Dy+3].[Dy+3].c1cnc2c(c1)ccc1cccnc12.c1cnc2c(c1)ccc1cccnc12. The molecule has 0 aliphatic carbocycles. The van der Waals surface area contributed by atoms with Crippen LogP contribution in [0.3, 0.4) is 0 Å². The Morgan fingerprint density at radius 3 is 0.477 bits per heavy atom. The van der Waals surface area contributed by atoms with Crippen molar-refractivity contribution in [2.24, 2.45) is 0 Å². The fourth-order valence-electron chi connectivity index (χ4n) is 9.81. The zero-order valence-electron chi connectivity index (χ0n) is 69.3. The first-order valence-corrected chi connectivity index (χ1v) is 37.5. The molecule has 0 spiro atoms. The van der Waals surface area contributed by atoms with Gasteiger partial charge in [-0.05, 0) is 137 Å². The summed E-state index contributed by atoms with van der Waals surface area (Å²) in [6.07, 6.45) is -22.4. The number of rotatable bonds is 12. The van der Waals surface area contributed by atoms with Crippen molar-refractivity contribution in [3.8, 4) is 0 Å². The number of nitrogens with zero attached hydrogens (tertiary/aromatic N) is 4. The molecule has 2 radical (unpaired) electrons. The fourth-order valence-corrected chi connectivity index (χ4v) is 9.81. The van der Waals surface area contributed by atoms with Gasteiger partial charge in [-0.2, -0.15) is 79.0 Å². The molecule has 0 saturated carbocycles. The van der Waals surface area contributed by atoms with Gasteiger partial charge in [-0.15, -0.1) is 0 Å². The van der Waals surface area contributed by atoms with Gasteiger partial charge >= 0.3 is 113 Å². The second-order valence-electron chi connectivity index (χ2n) is 27.1. The molecule has 8 aromatic carbocycles. The first-order chi connectivity index (χ1) is 60.7. The Morgan fingerprint density at radius 1 is 0.235 bits per heavy atom. The normalized spacial score (nSPS) is 12.6. The topological polar surface area (TPSA) is 311 Å². The quantitative estimate of drug-likeness (QED) is 0.0361. The number of fused-ring (bicyclic) bond motifs is 6. The van der Waals surface area contributed by atoms with E-state index in [1.807, 2.05) is 24.3 Å². The second-order valence-corrected chi connectivity index (χ2v) is 27.1. The van der Waals surface area contributed by atoms with Crippen LogP contribution in [0.2, 0.25) is 0 Å². The molecule has 1 aliphatic rings. The number of hydrogen-bond donors (Lipinski definition) is 0. The minimum absolute atomic E-state index is 0. The Hall–Kier alpha value is -12.1. The maximum absolute atomic E-state index is 11.9. The number of aryl methyl sites for hydroxylation is 6. The molecule has 0 amide bonds. The van der Waals surface area contributed by atoms with Crippen molar-refractivity contribution >= 4 is 78.3 Å². The van der Waals surface area contributed by atoms with E-state index >= 15 is 0 Å². The molecule has 5 heterocycles. The summed E-state index contributed by atoms with van der Waals surface area (Å²) in [6, 6.07) is 59.7. The van der Waals surface area contributed by atoms with Crippen molar-refractivity contribution in [1.82, 2.24) is 19.9 Å². The Labute approximate surface area is 802 Å². The van der Waals surface area contributed by atoms with Crippen LogP contribution in [0.15, 0.2) is 314 Å². The van der Waals surface area contributed by atoms with Gasteiger partial charge in [0.1, 0.15) is 0 Å². The van der Waals surface area contributed by atoms with E-state index in [0.717, 1.165) is 103 Å². The zero-order chi connectivity index (χ0) is 97.1. The molecule has 4 aromatic heterocycles. The average molecular weight is 2150 g/mol. The van der Waals surface area contributed by atoms with E-state index in [-0.39, 0.29) is 146 Å². The number of halogens is 18. The van der Waals surface area contributed by atoms with Crippen LogP contribution in [-0.4, -0.2) is 118 Å². The average Bonchev–Trinajstić information content (AvgIpc) is 0.799. The molecule has 1 saturated heterocycles. The molecule has 1 aliphatic heterocycles. The first kappa shape index (κ1) is 114. The Kier molecular flexibility index (Phi) is 46.1. The van der Waals surface area contributed by atoms with E-state index in [4.69, 9.17) is 9.47 Å². The third-order valence-electron chi connectivity index (χ3n) is 16.7. The van der Waals surface area contributed by atoms with Crippen LogP contribution >= 0.6 is 0 Å². The van der Waals surface area contributed by atoms with E-state index in [2.05, 4.69) is 68.5 Å². The predicted octanol–water partition coefficient (Wildman–Crippen LogP) is 17.5. The van der Waals surface area contributed by atoms with Crippen molar-refractivity contribution in [2.75, 3.05) is 26.4 Å². The fraction of sp³-hybridized carbons (Fsp3) is 0.170. The summed E-state index contributed by atoms with van der Waals surface area (Å²) >= 11 is 0. The van der Waals surface area contributed by atoms with Crippen molar-refractivity contribution in [3.63, 3.8) is 0 Å².